The van der Waals surface area contributed by atoms with Gasteiger partial charge in [-0.15, -0.1) is 52.4 Å². The Balaban J connectivity index is 0.000000178. The fourth-order valence-electron chi connectivity index (χ4n) is 10.1. The van der Waals surface area contributed by atoms with Gasteiger partial charge >= 0.3 is 5.97 Å². The minimum Gasteiger partial charge on any atom is -0.504 e. The smallest absolute Gasteiger partial charge is 0.343 e. The Morgan fingerprint density at radius 1 is 0.593 bits per heavy atom. The van der Waals surface area contributed by atoms with Gasteiger partial charge in [0.2, 0.25) is 0 Å². The van der Waals surface area contributed by atoms with Crippen LogP contribution in [0.4, 0.5) is 10.1 Å². The van der Waals surface area contributed by atoms with Gasteiger partial charge in [-0.3, -0.25) is 38.3 Å². The van der Waals surface area contributed by atoms with Crippen molar-refractivity contribution in [2.24, 2.45) is 7.05 Å². The third kappa shape index (κ3) is 25.9. The van der Waals surface area contributed by atoms with Crippen molar-refractivity contribution in [3.05, 3.63) is 277 Å². The van der Waals surface area contributed by atoms with Gasteiger partial charge in [-0.25, -0.2) is 9.18 Å². The highest BCUT2D eigenvalue weighted by atomic mass is 35.5. The quantitative estimate of drug-likeness (QED) is 0.0136. The molecular formula is C84H81ClFN5O14S8. The lowest BCUT2D eigenvalue weighted by molar-refractivity contribution is -0.143. The van der Waals surface area contributed by atoms with E-state index in [1.54, 1.807) is 70.4 Å². The first-order valence-electron chi connectivity index (χ1n) is 34.9. The highest BCUT2D eigenvalue weighted by Gasteiger charge is 2.34. The number of aromatic hydroxyl groups is 1. The van der Waals surface area contributed by atoms with Crippen molar-refractivity contribution in [2.75, 3.05) is 63.9 Å². The average Bonchev–Trinajstić information content (AvgIpc) is 1.19. The highest BCUT2D eigenvalue weighted by molar-refractivity contribution is 8.27. The lowest BCUT2D eigenvalue weighted by atomic mass is 10.1. The summed E-state index contributed by atoms with van der Waals surface area (Å²) in [6.07, 6.45) is 10.6. The second-order valence-electron chi connectivity index (χ2n) is 23.3. The molecule has 0 atom stereocenters. The molecule has 3 aromatic heterocycles. The van der Waals surface area contributed by atoms with Gasteiger partial charge in [0.05, 0.1) is 83.2 Å². The fraction of sp³-hybridized carbons (Fsp3) is 0.190. The van der Waals surface area contributed by atoms with E-state index >= 15 is 0 Å². The summed E-state index contributed by atoms with van der Waals surface area (Å²) in [7, 11) is 3.04. The Morgan fingerprint density at radius 3 is 1.85 bits per heavy atom. The van der Waals surface area contributed by atoms with Crippen LogP contribution in [0.25, 0.3) is 50.1 Å². The van der Waals surface area contributed by atoms with E-state index in [1.807, 2.05) is 156 Å². The van der Waals surface area contributed by atoms with E-state index in [4.69, 9.17) is 64.5 Å². The van der Waals surface area contributed by atoms with E-state index in [2.05, 4.69) is 36.0 Å². The van der Waals surface area contributed by atoms with Crippen molar-refractivity contribution in [1.29, 1.82) is 0 Å². The summed E-state index contributed by atoms with van der Waals surface area (Å²) < 4.78 is 58.9. The summed E-state index contributed by atoms with van der Waals surface area (Å²) in [5.74, 6) is 3.60. The van der Waals surface area contributed by atoms with Gasteiger partial charge in [-0.05, 0) is 185 Å². The summed E-state index contributed by atoms with van der Waals surface area (Å²) in [5, 5.41) is 10.5. The summed E-state index contributed by atoms with van der Waals surface area (Å²) in [6.45, 7) is 28.2. The molecule has 0 aliphatic carbocycles. The third-order valence-corrected chi connectivity index (χ3v) is 22.3. The number of thiocarbonyl (C=S) groups is 2. The Kier molecular flexibility index (Phi) is 34.6. The topological polar surface area (TPSA) is 219 Å². The number of benzene rings is 7. The van der Waals surface area contributed by atoms with Crippen molar-refractivity contribution in [2.45, 2.75) is 46.1 Å². The maximum absolute atomic E-state index is 13.1. The molecule has 19 nitrogen and oxygen atoms in total. The van der Waals surface area contributed by atoms with E-state index in [0.29, 0.717) is 116 Å². The molecule has 2 aliphatic rings. The number of H-pyrrole nitrogens is 1. The van der Waals surface area contributed by atoms with E-state index in [9.17, 15) is 38.3 Å². The van der Waals surface area contributed by atoms with Crippen LogP contribution in [0.5, 0.6) is 40.2 Å². The molecule has 10 aromatic rings. The maximum Gasteiger partial charge on any atom is 0.343 e. The number of aromatic nitrogens is 3. The number of phenolic OH excluding ortho intramolecular Hbond substituents is 1. The molecule has 7 aromatic carbocycles. The second kappa shape index (κ2) is 44.3. The number of ether oxygens (including phenoxy) is 7. The molecular weight excluding hydrogens is 1610 g/mol. The first kappa shape index (κ1) is 88.3. The predicted molar refractivity (Wildman–Crippen MR) is 470 cm³/mol. The van der Waals surface area contributed by atoms with Gasteiger partial charge in [0.25, 0.3) is 28.5 Å². The van der Waals surface area contributed by atoms with Crippen LogP contribution >= 0.6 is 105 Å². The third-order valence-electron chi connectivity index (χ3n) is 15.5. The zero-order valence-electron chi connectivity index (χ0n) is 62.7. The highest BCUT2D eigenvalue weighted by Crippen LogP contribution is 2.38. The Bertz CT molecular complexity index is 5670. The number of nitrogens with one attached hydrogen (secondary N) is 1. The minimum atomic E-state index is -0.459. The molecule has 5 heterocycles. The number of hydrogen-bond donors (Lipinski definition) is 2. The number of aromatic amines is 1. The number of methoxy groups -OCH3 is 1. The molecule has 588 valence electrons. The summed E-state index contributed by atoms with van der Waals surface area (Å²) >= 11 is 24.7. The van der Waals surface area contributed by atoms with E-state index in [1.165, 1.54) is 105 Å². The number of nitrogens with zero attached hydrogens (tertiary/aromatic N) is 4. The first-order valence-corrected chi connectivity index (χ1v) is 41.2. The van der Waals surface area contributed by atoms with E-state index < -0.39 is 5.97 Å². The molecule has 2 fully saturated rings. The first-order chi connectivity index (χ1) is 54.4. The number of anilines is 1. The summed E-state index contributed by atoms with van der Waals surface area (Å²) in [4.78, 5) is 79.8. The molecule has 0 spiro atoms. The SMILES string of the molecule is C=CCN1C(=O)C(=Cc2ccc(OCC)cc2OCC)SC1=S.C=c1[nH]c(=O)c(=Cc2cccc(OCCSc3ccc(Cl)cc3)c2)s1.C=c1sc(=Cc2ccc(OCC)cc2)c(=O)n1C.C=c1sc(=Cc2ccccc2OCC(=O)OC)c(=O)n1CC.CCOc1cc(C=C2SC(=S)N(c3ccc(F)cc3)C2=O)ccc1O. The standard InChI is InChI=1S/C19H16ClNO2S2.C18H14FNO3S2.C17H19NO3S2.C16H17NO4S.C14H15NO2S/c1-13-21-19(22)18(25-13)12-14-3-2-4-16(11-14)23-9-10-24-17-7-5-15(20)6-8-17;1-2-23-15-9-11(3-8-14(15)21)10-16-17(22)20(18(24)25-16)13-6-4-12(19)5-7-13;1-4-9-18-16(19)15(23-17(18)22)10-12-7-8-13(20-5-2)11-14(12)21-6-3;1-4-17-11(2)22-14(16(17)19)9-12-7-5-6-8-13(12)21-10-15(18)20-3;1-4-17-12-7-5-11(6-8-12)9-13-14(16)15(3)10(2)18-13/h2-8,11-12H,1,9-10H2,(H,21,22);3-10,21H,2H2,1H3;4,7-8,10-11H,1,5-6,9H2,2-3H3;5-9H,2,4,10H2,1,3H3;5-9H,2,4H2,1,3H3. The Hall–Kier alpha value is -10.3. The van der Waals surface area contributed by atoms with Crippen LogP contribution in [-0.2, 0) is 32.7 Å². The van der Waals surface area contributed by atoms with Crippen LogP contribution in [-0.4, -0.2) is 110 Å². The van der Waals surface area contributed by atoms with E-state index in [-0.39, 0.29) is 46.7 Å². The number of phenols is 1. The van der Waals surface area contributed by atoms with Crippen molar-refractivity contribution in [1.82, 2.24) is 19.0 Å². The molecule has 2 aliphatic heterocycles. The zero-order chi connectivity index (χ0) is 81.7. The Morgan fingerprint density at radius 2 is 1.20 bits per heavy atom. The van der Waals surface area contributed by atoms with Crippen LogP contribution in [0.3, 0.4) is 0 Å². The summed E-state index contributed by atoms with van der Waals surface area (Å²) in [6, 6.07) is 46.4. The average molecular weight is 1700 g/mol. The van der Waals surface area contributed by atoms with Crippen molar-refractivity contribution in [3.8, 4) is 40.2 Å². The molecule has 2 N–H and O–H groups in total. The van der Waals surface area contributed by atoms with Crippen molar-refractivity contribution in [3.63, 3.8) is 0 Å². The van der Waals surface area contributed by atoms with Crippen LogP contribution in [0.15, 0.2) is 199 Å². The number of thiazole rings is 3. The number of esters is 1. The largest absolute Gasteiger partial charge is 0.504 e. The monoisotopic (exact) mass is 1690 g/mol. The number of thioether (sulfide) groups is 3. The van der Waals surface area contributed by atoms with E-state index in [0.717, 1.165) is 59.8 Å². The van der Waals surface area contributed by atoms with Gasteiger partial charge in [0.1, 0.15) is 38.9 Å². The second-order valence-corrected chi connectivity index (χ2v) is 31.7. The predicted octanol–water partition coefficient (Wildman–Crippen LogP) is 13.5. The molecule has 0 radical (unpaired) electrons. The molecule has 0 unspecified atom stereocenters. The molecule has 0 saturated carbocycles. The molecule has 0 bridgehead atoms. The normalized spacial score (nSPS) is 13.5. The Labute approximate surface area is 692 Å². The number of carbonyl (C=O) groups excluding carboxylic acids is 3. The zero-order valence-corrected chi connectivity index (χ0v) is 70.0. The molecule has 113 heavy (non-hydrogen) atoms. The minimum absolute atomic E-state index is 0.00103. The van der Waals surface area contributed by atoms with Crippen LogP contribution in [0, 0.1) is 5.82 Å². The van der Waals surface area contributed by atoms with Crippen LogP contribution in [0.1, 0.15) is 62.4 Å². The number of hydrogen-bond acceptors (Lipinski definition) is 22. The molecule has 2 amide bonds. The van der Waals surface area contributed by atoms with Gasteiger partial charge in [-0.2, -0.15) is 0 Å². The maximum atomic E-state index is 13.1. The van der Waals surface area contributed by atoms with Crippen molar-refractivity contribution >= 4 is 188 Å². The molecule has 29 heteroatoms. The molecule has 2 saturated heterocycles. The number of para-hydroxylation sites is 1. The summed E-state index contributed by atoms with van der Waals surface area (Å²) in [5.41, 5.74) is 4.52. The number of carbonyl (C=O) groups is 3. The van der Waals surface area contributed by atoms with Crippen LogP contribution < -0.4 is 77.6 Å². The van der Waals surface area contributed by atoms with Gasteiger partial charge in [0.15, 0.2) is 22.4 Å². The fourth-order valence-corrected chi connectivity index (χ4v) is 16.2. The lowest BCUT2D eigenvalue weighted by Gasteiger charge is -2.14. The number of halogens is 2. The van der Waals surface area contributed by atoms with Gasteiger partial charge in [-0.1, -0.05) is 134 Å². The van der Waals surface area contributed by atoms with Crippen LogP contribution in [0.2, 0.25) is 5.02 Å². The number of amides is 2. The van der Waals surface area contributed by atoms with Crippen molar-refractivity contribution < 1.29 is 57.0 Å². The lowest BCUT2D eigenvalue weighted by Crippen LogP contribution is -2.30. The molecule has 12 rings (SSSR count). The van der Waals surface area contributed by atoms with Gasteiger partial charge < -0.3 is 47.8 Å². The van der Waals surface area contributed by atoms with Gasteiger partial charge in [0, 0.05) is 53.0 Å². The number of rotatable bonds is 25.